The van der Waals surface area contributed by atoms with Crippen LogP contribution in [0.2, 0.25) is 0 Å². The predicted octanol–water partition coefficient (Wildman–Crippen LogP) is 2.88. The molecule has 0 unspecified atom stereocenters. The Bertz CT molecular complexity index is 264. The predicted molar refractivity (Wildman–Crippen MR) is 56.9 cm³/mol. The van der Waals surface area contributed by atoms with Crippen molar-refractivity contribution in [2.24, 2.45) is 4.99 Å². The fourth-order valence-electron chi connectivity index (χ4n) is 1.08. The lowest BCUT2D eigenvalue weighted by molar-refractivity contribution is 0.752. The molecule has 1 atom stereocenters. The molecule has 0 N–H and O–H groups in total. The zero-order valence-electron chi connectivity index (χ0n) is 7.36. The second-order valence-electron chi connectivity index (χ2n) is 2.77. The molecule has 0 heterocycles. The van der Waals surface area contributed by atoms with Crippen molar-refractivity contribution in [2.45, 2.75) is 18.7 Å². The van der Waals surface area contributed by atoms with E-state index in [1.54, 1.807) is 6.21 Å². The van der Waals surface area contributed by atoms with Gasteiger partial charge in [-0.05, 0) is 25.6 Å². The minimum atomic E-state index is -0.393. The Morgan fingerprint density at radius 1 is 1.33 bits per heavy atom. The Kier molecular flexibility index (Phi) is 2.93. The van der Waals surface area contributed by atoms with Crippen molar-refractivity contribution in [3.63, 3.8) is 0 Å². The summed E-state index contributed by atoms with van der Waals surface area (Å²) in [5.41, 5.74) is 1.12. The molecule has 1 nitrogen and oxygen atoms in total. The van der Waals surface area contributed by atoms with Gasteiger partial charge in [0.25, 0.3) is 0 Å². The van der Waals surface area contributed by atoms with Crippen LogP contribution in [0.3, 0.4) is 0 Å². The standard InChI is InChI=1S/C10H13NS/c1-3-11-10(2,12)9-7-5-4-6-8-9/h3-8,12H,1-2H3/t10-/m0/s1. The van der Waals surface area contributed by atoms with Gasteiger partial charge in [0.2, 0.25) is 0 Å². The molecule has 0 radical (unpaired) electrons. The van der Waals surface area contributed by atoms with Crippen molar-refractivity contribution < 1.29 is 0 Å². The Morgan fingerprint density at radius 3 is 2.42 bits per heavy atom. The van der Waals surface area contributed by atoms with Gasteiger partial charge in [0.15, 0.2) is 0 Å². The van der Waals surface area contributed by atoms with E-state index in [1.165, 1.54) is 0 Å². The Morgan fingerprint density at radius 2 is 1.92 bits per heavy atom. The first-order chi connectivity index (χ1) is 5.67. The molecule has 0 aliphatic rings. The van der Waals surface area contributed by atoms with E-state index in [4.69, 9.17) is 0 Å². The minimum Gasteiger partial charge on any atom is -0.276 e. The van der Waals surface area contributed by atoms with Crippen LogP contribution in [0.5, 0.6) is 0 Å². The molecule has 1 rings (SSSR count). The summed E-state index contributed by atoms with van der Waals surface area (Å²) in [5.74, 6) is 0. The Labute approximate surface area is 78.9 Å². The average molecular weight is 179 g/mol. The highest BCUT2D eigenvalue weighted by atomic mass is 32.1. The quantitative estimate of drug-likeness (QED) is 0.529. The van der Waals surface area contributed by atoms with Crippen molar-refractivity contribution >= 4 is 18.8 Å². The van der Waals surface area contributed by atoms with Gasteiger partial charge < -0.3 is 0 Å². The maximum Gasteiger partial charge on any atom is 0.125 e. The van der Waals surface area contributed by atoms with Crippen molar-refractivity contribution in [3.05, 3.63) is 35.9 Å². The first-order valence-electron chi connectivity index (χ1n) is 3.94. The summed E-state index contributed by atoms with van der Waals surface area (Å²) in [6.45, 7) is 3.88. The SMILES string of the molecule is CC=N[C@@](C)(S)c1ccccc1. The first kappa shape index (κ1) is 9.33. The highest BCUT2D eigenvalue weighted by molar-refractivity contribution is 7.81. The summed E-state index contributed by atoms with van der Waals surface area (Å²) >= 11 is 4.46. The zero-order valence-corrected chi connectivity index (χ0v) is 8.25. The molecule has 1 aromatic carbocycles. The lowest BCUT2D eigenvalue weighted by Gasteiger charge is -2.18. The smallest absolute Gasteiger partial charge is 0.125 e. The number of benzene rings is 1. The summed E-state index contributed by atoms with van der Waals surface area (Å²) in [4.78, 5) is 3.87. The van der Waals surface area contributed by atoms with Gasteiger partial charge in [-0.3, -0.25) is 4.99 Å². The van der Waals surface area contributed by atoms with E-state index in [-0.39, 0.29) is 0 Å². The summed E-state index contributed by atoms with van der Waals surface area (Å²) in [5, 5.41) is 0. The highest BCUT2D eigenvalue weighted by Gasteiger charge is 2.17. The van der Waals surface area contributed by atoms with Crippen molar-refractivity contribution in [1.82, 2.24) is 0 Å². The van der Waals surface area contributed by atoms with Gasteiger partial charge in [0.05, 0.1) is 0 Å². The van der Waals surface area contributed by atoms with Crippen LogP contribution in [0, 0.1) is 0 Å². The third-order valence-corrected chi connectivity index (χ3v) is 2.07. The molecule has 1 aromatic rings. The monoisotopic (exact) mass is 179 g/mol. The van der Waals surface area contributed by atoms with Crippen molar-refractivity contribution in [3.8, 4) is 0 Å². The van der Waals surface area contributed by atoms with Gasteiger partial charge >= 0.3 is 0 Å². The number of hydrogen-bond acceptors (Lipinski definition) is 2. The summed E-state index contributed by atoms with van der Waals surface area (Å²) in [6, 6.07) is 10.0. The van der Waals surface area contributed by atoms with Crippen molar-refractivity contribution in [2.75, 3.05) is 0 Å². The normalized spacial score (nSPS) is 16.2. The average Bonchev–Trinajstić information content (AvgIpc) is 2.06. The van der Waals surface area contributed by atoms with Crippen LogP contribution in [-0.2, 0) is 4.87 Å². The van der Waals surface area contributed by atoms with E-state index in [9.17, 15) is 0 Å². The zero-order chi connectivity index (χ0) is 9.03. The second kappa shape index (κ2) is 3.76. The van der Waals surface area contributed by atoms with Gasteiger partial charge in [-0.15, -0.1) is 12.6 Å². The van der Waals surface area contributed by atoms with E-state index in [1.807, 2.05) is 44.2 Å². The lowest BCUT2D eigenvalue weighted by Crippen LogP contribution is -2.09. The number of hydrogen-bond donors (Lipinski definition) is 1. The molecule has 0 amide bonds. The third kappa shape index (κ3) is 2.11. The Balaban J connectivity index is 2.97. The van der Waals surface area contributed by atoms with Gasteiger partial charge in [-0.1, -0.05) is 30.3 Å². The largest absolute Gasteiger partial charge is 0.276 e. The van der Waals surface area contributed by atoms with Gasteiger partial charge in [-0.2, -0.15) is 0 Å². The fourth-order valence-corrected chi connectivity index (χ4v) is 1.34. The van der Waals surface area contributed by atoms with E-state index in [0.29, 0.717) is 0 Å². The molecule has 64 valence electrons. The van der Waals surface area contributed by atoms with E-state index >= 15 is 0 Å². The molecule has 0 saturated heterocycles. The maximum atomic E-state index is 4.46. The van der Waals surface area contributed by atoms with Crippen LogP contribution in [-0.4, -0.2) is 6.21 Å². The minimum absolute atomic E-state index is 0.393. The summed E-state index contributed by atoms with van der Waals surface area (Å²) < 4.78 is 0. The van der Waals surface area contributed by atoms with Gasteiger partial charge in [-0.25, -0.2) is 0 Å². The molecule has 0 aliphatic carbocycles. The van der Waals surface area contributed by atoms with Crippen LogP contribution in [0.25, 0.3) is 0 Å². The van der Waals surface area contributed by atoms with Crippen molar-refractivity contribution in [1.29, 1.82) is 0 Å². The molecule has 0 aliphatic heterocycles. The van der Waals surface area contributed by atoms with Crippen LogP contribution >= 0.6 is 12.6 Å². The maximum absolute atomic E-state index is 4.46. The fraction of sp³-hybridized carbons (Fsp3) is 0.300. The van der Waals surface area contributed by atoms with Crippen LogP contribution < -0.4 is 0 Å². The second-order valence-corrected chi connectivity index (χ2v) is 3.64. The summed E-state index contributed by atoms with van der Waals surface area (Å²) in [6.07, 6.45) is 1.78. The number of nitrogens with zero attached hydrogens (tertiary/aromatic N) is 1. The van der Waals surface area contributed by atoms with Gasteiger partial charge in [0, 0.05) is 0 Å². The lowest BCUT2D eigenvalue weighted by atomic mass is 10.1. The molecule has 0 bridgehead atoms. The first-order valence-corrected chi connectivity index (χ1v) is 4.39. The molecular formula is C10H13NS. The van der Waals surface area contributed by atoms with Crippen LogP contribution in [0.1, 0.15) is 19.4 Å². The van der Waals surface area contributed by atoms with E-state index in [2.05, 4.69) is 17.6 Å². The number of rotatable bonds is 2. The number of aliphatic imine (C=N–C) groups is 1. The molecule has 0 spiro atoms. The van der Waals surface area contributed by atoms with Crippen LogP contribution in [0.15, 0.2) is 35.3 Å². The molecule has 12 heavy (non-hydrogen) atoms. The highest BCUT2D eigenvalue weighted by Crippen LogP contribution is 2.28. The number of thiol groups is 1. The molecule has 0 aromatic heterocycles. The molecule has 0 saturated carbocycles. The molecular weight excluding hydrogens is 166 g/mol. The van der Waals surface area contributed by atoms with E-state index < -0.39 is 4.87 Å². The molecule has 2 heteroatoms. The van der Waals surface area contributed by atoms with E-state index in [0.717, 1.165) is 5.56 Å². The van der Waals surface area contributed by atoms with Gasteiger partial charge in [0.1, 0.15) is 4.87 Å². The Hall–Kier alpha value is -0.760. The topological polar surface area (TPSA) is 12.4 Å². The van der Waals surface area contributed by atoms with Crippen LogP contribution in [0.4, 0.5) is 0 Å². The molecule has 0 fully saturated rings. The third-order valence-electron chi connectivity index (χ3n) is 1.70. The summed E-state index contributed by atoms with van der Waals surface area (Å²) in [7, 11) is 0.